The Kier molecular flexibility index (Phi) is 5.50. The summed E-state index contributed by atoms with van der Waals surface area (Å²) in [6, 6.07) is 0. The maximum absolute atomic E-state index is 11.4. The number of nitrogens with zero attached hydrogens (tertiary/aromatic N) is 2. The smallest absolute Gasteiger partial charge is 0.234 e. The minimum absolute atomic E-state index is 0.0585. The number of amides is 2. The Bertz CT molecular complexity index is 392. The average Bonchev–Trinajstić information content (AvgIpc) is 2.74. The highest BCUT2D eigenvalue weighted by molar-refractivity contribution is 7.15. The maximum atomic E-state index is 11.4. The molecule has 0 radical (unpaired) electrons. The van der Waals surface area contributed by atoms with E-state index in [1.807, 2.05) is 12.3 Å². The van der Waals surface area contributed by atoms with Gasteiger partial charge in [-0.15, -0.1) is 10.2 Å². The van der Waals surface area contributed by atoms with Crippen LogP contribution >= 0.6 is 11.3 Å². The molecule has 0 fully saturated rings. The molecule has 7 nitrogen and oxygen atoms in total. The van der Waals surface area contributed by atoms with Crippen LogP contribution in [-0.2, 0) is 16.0 Å². The van der Waals surface area contributed by atoms with Crippen LogP contribution in [0, 0.1) is 0 Å². The van der Waals surface area contributed by atoms with Gasteiger partial charge in [0.25, 0.3) is 0 Å². The summed E-state index contributed by atoms with van der Waals surface area (Å²) >= 11 is 1.35. The lowest BCUT2D eigenvalue weighted by molar-refractivity contribution is -0.124. The lowest BCUT2D eigenvalue weighted by Crippen LogP contribution is -2.30. The number of aromatic nitrogens is 2. The molecule has 0 bridgehead atoms. The second kappa shape index (κ2) is 6.92. The molecular weight excluding hydrogens is 242 g/mol. The summed E-state index contributed by atoms with van der Waals surface area (Å²) in [5.74, 6) is 4.25. The standard InChI is InChI=1S/C9H15N5O2S/c1-2-3-8-13-14-9(17-8)11-6(15)4-5-7(16)12-10/h2-5,10H2,1H3,(H,12,16)(H,11,14,15). The van der Waals surface area contributed by atoms with Gasteiger partial charge in [-0.3, -0.25) is 15.0 Å². The van der Waals surface area contributed by atoms with E-state index >= 15 is 0 Å². The van der Waals surface area contributed by atoms with E-state index in [9.17, 15) is 9.59 Å². The van der Waals surface area contributed by atoms with Crippen molar-refractivity contribution in [2.45, 2.75) is 32.6 Å². The van der Waals surface area contributed by atoms with Crippen molar-refractivity contribution in [1.29, 1.82) is 0 Å². The van der Waals surface area contributed by atoms with E-state index in [2.05, 4.69) is 15.5 Å². The van der Waals surface area contributed by atoms with Gasteiger partial charge in [0, 0.05) is 19.3 Å². The molecule has 1 rings (SSSR count). The normalized spacial score (nSPS) is 10.0. The Hall–Kier alpha value is -1.54. The Labute approximate surface area is 103 Å². The summed E-state index contributed by atoms with van der Waals surface area (Å²) in [5.41, 5.74) is 1.96. The summed E-state index contributed by atoms with van der Waals surface area (Å²) in [5, 5.41) is 11.7. The quantitative estimate of drug-likeness (QED) is 0.383. The van der Waals surface area contributed by atoms with Crippen molar-refractivity contribution >= 4 is 28.3 Å². The summed E-state index contributed by atoms with van der Waals surface area (Å²) in [7, 11) is 0. The number of hydrogen-bond donors (Lipinski definition) is 3. The second-order valence-electron chi connectivity index (χ2n) is 3.37. The zero-order valence-electron chi connectivity index (χ0n) is 9.52. The van der Waals surface area contributed by atoms with E-state index in [-0.39, 0.29) is 24.7 Å². The number of carbonyl (C=O) groups is 2. The molecule has 0 unspecified atom stereocenters. The zero-order valence-corrected chi connectivity index (χ0v) is 10.3. The summed E-state index contributed by atoms with van der Waals surface area (Å²) < 4.78 is 0. The Balaban J connectivity index is 2.36. The van der Waals surface area contributed by atoms with E-state index in [0.29, 0.717) is 5.13 Å². The van der Waals surface area contributed by atoms with Gasteiger partial charge in [-0.25, -0.2) is 5.84 Å². The SMILES string of the molecule is CCCc1nnc(NC(=O)CCC(=O)NN)s1. The van der Waals surface area contributed by atoms with Crippen LogP contribution in [0.5, 0.6) is 0 Å². The van der Waals surface area contributed by atoms with Gasteiger partial charge in [0.05, 0.1) is 0 Å². The van der Waals surface area contributed by atoms with Crippen LogP contribution < -0.4 is 16.6 Å². The zero-order chi connectivity index (χ0) is 12.7. The highest BCUT2D eigenvalue weighted by Crippen LogP contribution is 2.16. The van der Waals surface area contributed by atoms with E-state index in [4.69, 9.17) is 5.84 Å². The lowest BCUT2D eigenvalue weighted by Gasteiger charge is -2.00. The van der Waals surface area contributed by atoms with Crippen molar-refractivity contribution in [1.82, 2.24) is 15.6 Å². The minimum atomic E-state index is -0.371. The van der Waals surface area contributed by atoms with Crippen LogP contribution in [0.3, 0.4) is 0 Å². The molecule has 0 saturated carbocycles. The number of carbonyl (C=O) groups excluding carboxylic acids is 2. The molecule has 0 aliphatic rings. The molecular formula is C9H15N5O2S. The van der Waals surface area contributed by atoms with Crippen LogP contribution in [0.4, 0.5) is 5.13 Å². The molecule has 0 aliphatic heterocycles. The van der Waals surface area contributed by atoms with Crippen molar-refractivity contribution in [2.24, 2.45) is 5.84 Å². The van der Waals surface area contributed by atoms with Crippen molar-refractivity contribution in [3.8, 4) is 0 Å². The van der Waals surface area contributed by atoms with Gasteiger partial charge in [0.2, 0.25) is 16.9 Å². The first kappa shape index (κ1) is 13.5. The number of anilines is 1. The van der Waals surface area contributed by atoms with Gasteiger partial charge < -0.3 is 5.32 Å². The Morgan fingerprint density at radius 1 is 1.29 bits per heavy atom. The lowest BCUT2D eigenvalue weighted by atomic mass is 10.3. The first-order chi connectivity index (χ1) is 8.15. The molecule has 0 atom stereocenters. The van der Waals surface area contributed by atoms with Crippen LogP contribution in [-0.4, -0.2) is 22.0 Å². The Morgan fingerprint density at radius 2 is 2.00 bits per heavy atom. The maximum Gasteiger partial charge on any atom is 0.234 e. The third-order valence-corrected chi connectivity index (χ3v) is 2.82. The van der Waals surface area contributed by atoms with Crippen molar-refractivity contribution in [2.75, 3.05) is 5.32 Å². The van der Waals surface area contributed by atoms with Crippen molar-refractivity contribution in [3.63, 3.8) is 0 Å². The largest absolute Gasteiger partial charge is 0.301 e. The molecule has 0 spiro atoms. The summed E-state index contributed by atoms with van der Waals surface area (Å²) in [6.07, 6.45) is 1.97. The van der Waals surface area contributed by atoms with Crippen LogP contribution in [0.15, 0.2) is 0 Å². The van der Waals surface area contributed by atoms with Crippen molar-refractivity contribution in [3.05, 3.63) is 5.01 Å². The van der Waals surface area contributed by atoms with Gasteiger partial charge in [0.1, 0.15) is 5.01 Å². The van der Waals surface area contributed by atoms with Gasteiger partial charge in [-0.1, -0.05) is 18.3 Å². The predicted molar refractivity (Wildman–Crippen MR) is 64.1 cm³/mol. The van der Waals surface area contributed by atoms with Gasteiger partial charge in [0.15, 0.2) is 0 Å². The number of hydrogen-bond acceptors (Lipinski definition) is 6. The number of rotatable bonds is 6. The summed E-state index contributed by atoms with van der Waals surface area (Å²) in [6.45, 7) is 2.05. The van der Waals surface area contributed by atoms with Gasteiger partial charge in [-0.05, 0) is 6.42 Å². The third-order valence-electron chi connectivity index (χ3n) is 1.92. The molecule has 0 aliphatic carbocycles. The third kappa shape index (κ3) is 4.87. The average molecular weight is 257 g/mol. The molecule has 1 heterocycles. The fourth-order valence-corrected chi connectivity index (χ4v) is 1.96. The highest BCUT2D eigenvalue weighted by Gasteiger charge is 2.09. The summed E-state index contributed by atoms with van der Waals surface area (Å²) in [4.78, 5) is 22.2. The van der Waals surface area contributed by atoms with Crippen LogP contribution in [0.25, 0.3) is 0 Å². The minimum Gasteiger partial charge on any atom is -0.301 e. The van der Waals surface area contributed by atoms with E-state index in [0.717, 1.165) is 17.8 Å². The molecule has 0 aromatic carbocycles. The van der Waals surface area contributed by atoms with Crippen LogP contribution in [0.1, 0.15) is 31.2 Å². The molecule has 17 heavy (non-hydrogen) atoms. The molecule has 2 amide bonds. The highest BCUT2D eigenvalue weighted by atomic mass is 32.1. The topological polar surface area (TPSA) is 110 Å². The number of aryl methyl sites for hydroxylation is 1. The first-order valence-corrected chi connectivity index (χ1v) is 6.09. The monoisotopic (exact) mass is 257 g/mol. The van der Waals surface area contributed by atoms with E-state index < -0.39 is 0 Å². The van der Waals surface area contributed by atoms with Crippen LogP contribution in [0.2, 0.25) is 0 Å². The van der Waals surface area contributed by atoms with E-state index in [1.165, 1.54) is 11.3 Å². The number of hydrazine groups is 1. The first-order valence-electron chi connectivity index (χ1n) is 5.27. The Morgan fingerprint density at radius 3 is 2.65 bits per heavy atom. The molecule has 4 N–H and O–H groups in total. The van der Waals surface area contributed by atoms with Gasteiger partial charge >= 0.3 is 0 Å². The fourth-order valence-electron chi connectivity index (χ4n) is 1.10. The predicted octanol–water partition coefficient (Wildman–Crippen LogP) is 0.199. The second-order valence-corrected chi connectivity index (χ2v) is 4.43. The molecule has 8 heteroatoms. The number of nitrogens with two attached hydrogens (primary N) is 1. The molecule has 0 saturated heterocycles. The molecule has 94 valence electrons. The number of nitrogens with one attached hydrogen (secondary N) is 2. The van der Waals surface area contributed by atoms with E-state index in [1.54, 1.807) is 0 Å². The van der Waals surface area contributed by atoms with Crippen molar-refractivity contribution < 1.29 is 9.59 Å². The molecule has 1 aromatic rings. The molecule has 1 aromatic heterocycles. The van der Waals surface area contributed by atoms with Gasteiger partial charge in [-0.2, -0.15) is 0 Å². The fraction of sp³-hybridized carbons (Fsp3) is 0.556.